The minimum absolute atomic E-state index is 0.0619. The largest absolute Gasteiger partial charge is 0.490 e. The third-order valence-corrected chi connectivity index (χ3v) is 6.13. The number of anilines is 1. The fourth-order valence-corrected chi connectivity index (χ4v) is 4.55. The number of hydrogen-bond acceptors (Lipinski definition) is 4. The van der Waals surface area contributed by atoms with Gasteiger partial charge in [-0.3, -0.25) is 9.69 Å². The number of fused-ring (bicyclic) bond motifs is 1. The number of benzene rings is 2. The molecule has 5 heteroatoms. The molecular weight excluding hydrogens is 376 g/mol. The number of rotatable bonds is 6. The fraction of sp³-hybridized carbons (Fsp3) is 0.480. The number of likely N-dealkylation sites (tertiary alicyclic amines) is 1. The summed E-state index contributed by atoms with van der Waals surface area (Å²) in [6, 6.07) is 12.8. The van der Waals surface area contributed by atoms with Crippen LogP contribution < -0.4 is 14.8 Å². The molecule has 0 unspecified atom stereocenters. The van der Waals surface area contributed by atoms with E-state index < -0.39 is 0 Å². The first-order chi connectivity index (χ1) is 14.7. The molecule has 0 bridgehead atoms. The number of amides is 1. The maximum Gasteiger partial charge on any atom is 0.238 e. The number of hydrogen-bond donors (Lipinski definition) is 1. The van der Waals surface area contributed by atoms with Gasteiger partial charge in [-0.2, -0.15) is 0 Å². The van der Waals surface area contributed by atoms with Crippen LogP contribution in [-0.2, 0) is 17.6 Å². The number of carbonyl (C=O) groups excluding carboxylic acids is 1. The van der Waals surface area contributed by atoms with E-state index in [1.807, 2.05) is 6.07 Å². The SMILES string of the molecule is CCc1cccc(CC)c1NC(=O)CN1CCC[C@H]1c1ccc2c(c1)OCCCO2. The van der Waals surface area contributed by atoms with Crippen molar-refractivity contribution in [2.24, 2.45) is 0 Å². The monoisotopic (exact) mass is 408 g/mol. The summed E-state index contributed by atoms with van der Waals surface area (Å²) in [4.78, 5) is 15.2. The first-order valence-electron chi connectivity index (χ1n) is 11.2. The minimum atomic E-state index is 0.0619. The smallest absolute Gasteiger partial charge is 0.238 e. The Kier molecular flexibility index (Phi) is 6.58. The average Bonchev–Trinajstić information content (AvgIpc) is 3.09. The molecule has 160 valence electrons. The van der Waals surface area contributed by atoms with Gasteiger partial charge in [0.2, 0.25) is 5.91 Å². The van der Waals surface area contributed by atoms with Gasteiger partial charge in [-0.15, -0.1) is 0 Å². The zero-order chi connectivity index (χ0) is 20.9. The summed E-state index contributed by atoms with van der Waals surface area (Å²) in [7, 11) is 0. The van der Waals surface area contributed by atoms with Crippen LogP contribution in [0.4, 0.5) is 5.69 Å². The van der Waals surface area contributed by atoms with Crippen molar-refractivity contribution in [1.29, 1.82) is 0 Å². The van der Waals surface area contributed by atoms with Crippen LogP contribution >= 0.6 is 0 Å². The normalized spacial score (nSPS) is 18.8. The Bertz CT molecular complexity index is 874. The lowest BCUT2D eigenvalue weighted by molar-refractivity contribution is -0.117. The van der Waals surface area contributed by atoms with Crippen LogP contribution in [-0.4, -0.2) is 37.1 Å². The van der Waals surface area contributed by atoms with E-state index in [1.165, 1.54) is 16.7 Å². The summed E-state index contributed by atoms with van der Waals surface area (Å²) in [6.07, 6.45) is 4.87. The third-order valence-electron chi connectivity index (χ3n) is 6.13. The predicted octanol–water partition coefficient (Wildman–Crippen LogP) is 4.75. The molecule has 1 atom stereocenters. The van der Waals surface area contributed by atoms with Gasteiger partial charge in [-0.05, 0) is 61.1 Å². The lowest BCUT2D eigenvalue weighted by Gasteiger charge is -2.25. The second-order valence-corrected chi connectivity index (χ2v) is 8.09. The molecule has 0 saturated carbocycles. The van der Waals surface area contributed by atoms with E-state index in [9.17, 15) is 4.79 Å². The Morgan fingerprint density at radius 1 is 1.03 bits per heavy atom. The van der Waals surface area contributed by atoms with Crippen LogP contribution in [0.15, 0.2) is 36.4 Å². The zero-order valence-corrected chi connectivity index (χ0v) is 18.1. The number of para-hydroxylation sites is 1. The predicted molar refractivity (Wildman–Crippen MR) is 119 cm³/mol. The second kappa shape index (κ2) is 9.52. The molecule has 1 amide bonds. The Morgan fingerprint density at radius 3 is 2.50 bits per heavy atom. The van der Waals surface area contributed by atoms with E-state index in [0.717, 1.165) is 55.8 Å². The van der Waals surface area contributed by atoms with E-state index >= 15 is 0 Å². The fourth-order valence-electron chi connectivity index (χ4n) is 4.55. The summed E-state index contributed by atoms with van der Waals surface area (Å²) in [5.41, 5.74) is 4.60. The Morgan fingerprint density at radius 2 is 1.77 bits per heavy atom. The molecule has 1 N–H and O–H groups in total. The van der Waals surface area contributed by atoms with Crippen LogP contribution in [0.25, 0.3) is 0 Å². The van der Waals surface area contributed by atoms with Gasteiger partial charge in [0.25, 0.3) is 0 Å². The maximum atomic E-state index is 13.0. The van der Waals surface area contributed by atoms with Crippen LogP contribution in [0.2, 0.25) is 0 Å². The lowest BCUT2D eigenvalue weighted by Crippen LogP contribution is -2.33. The zero-order valence-electron chi connectivity index (χ0n) is 18.1. The van der Waals surface area contributed by atoms with Crippen molar-refractivity contribution in [1.82, 2.24) is 4.90 Å². The molecule has 0 aliphatic carbocycles. The van der Waals surface area contributed by atoms with Crippen LogP contribution in [0, 0.1) is 0 Å². The Labute approximate surface area is 179 Å². The van der Waals surface area contributed by atoms with Gasteiger partial charge in [0.1, 0.15) is 0 Å². The summed E-state index contributed by atoms with van der Waals surface area (Å²) >= 11 is 0. The molecular formula is C25H32N2O3. The van der Waals surface area contributed by atoms with E-state index in [0.29, 0.717) is 19.8 Å². The quantitative estimate of drug-likeness (QED) is 0.750. The molecule has 1 fully saturated rings. The number of nitrogens with zero attached hydrogens (tertiary/aromatic N) is 1. The third kappa shape index (κ3) is 4.46. The molecule has 2 aliphatic heterocycles. The second-order valence-electron chi connectivity index (χ2n) is 8.09. The first kappa shape index (κ1) is 20.7. The molecule has 0 radical (unpaired) electrons. The van der Waals surface area contributed by atoms with Crippen molar-refractivity contribution in [2.75, 3.05) is 31.6 Å². The lowest BCUT2D eigenvalue weighted by atomic mass is 10.0. The molecule has 2 aromatic carbocycles. The average molecular weight is 409 g/mol. The van der Waals surface area contributed by atoms with Gasteiger partial charge < -0.3 is 14.8 Å². The molecule has 2 aromatic rings. The van der Waals surface area contributed by atoms with Crippen LogP contribution in [0.5, 0.6) is 11.5 Å². The van der Waals surface area contributed by atoms with Crippen molar-refractivity contribution < 1.29 is 14.3 Å². The summed E-state index contributed by atoms with van der Waals surface area (Å²) in [5, 5.41) is 3.21. The van der Waals surface area contributed by atoms with Gasteiger partial charge in [0.05, 0.1) is 19.8 Å². The van der Waals surface area contributed by atoms with Gasteiger partial charge in [0.15, 0.2) is 11.5 Å². The maximum absolute atomic E-state index is 13.0. The van der Waals surface area contributed by atoms with Crippen molar-refractivity contribution >= 4 is 11.6 Å². The molecule has 5 nitrogen and oxygen atoms in total. The van der Waals surface area contributed by atoms with Crippen molar-refractivity contribution in [3.05, 3.63) is 53.1 Å². The van der Waals surface area contributed by atoms with Gasteiger partial charge in [0, 0.05) is 18.2 Å². The van der Waals surface area contributed by atoms with Crippen LogP contribution in [0.3, 0.4) is 0 Å². The highest BCUT2D eigenvalue weighted by Crippen LogP contribution is 2.37. The molecule has 30 heavy (non-hydrogen) atoms. The number of nitrogens with one attached hydrogen (secondary N) is 1. The number of carbonyl (C=O) groups is 1. The summed E-state index contributed by atoms with van der Waals surface area (Å²) in [6.45, 7) is 6.98. The molecule has 2 heterocycles. The molecule has 1 saturated heterocycles. The van der Waals surface area contributed by atoms with Gasteiger partial charge in [-0.25, -0.2) is 0 Å². The van der Waals surface area contributed by atoms with Crippen molar-refractivity contribution in [3.8, 4) is 11.5 Å². The van der Waals surface area contributed by atoms with Gasteiger partial charge in [-0.1, -0.05) is 38.1 Å². The number of aryl methyl sites for hydroxylation is 2. The minimum Gasteiger partial charge on any atom is -0.490 e. The van der Waals surface area contributed by atoms with E-state index in [4.69, 9.17) is 9.47 Å². The number of ether oxygens (including phenoxy) is 2. The van der Waals surface area contributed by atoms with Crippen molar-refractivity contribution in [3.63, 3.8) is 0 Å². The summed E-state index contributed by atoms with van der Waals surface area (Å²) < 4.78 is 11.6. The highest BCUT2D eigenvalue weighted by Gasteiger charge is 2.29. The van der Waals surface area contributed by atoms with E-state index in [2.05, 4.69) is 54.4 Å². The standard InChI is InChI=1S/C25H32N2O3/c1-3-18-8-5-9-19(4-2)25(18)26-24(28)17-27-13-6-10-21(27)20-11-12-22-23(16-20)30-15-7-14-29-22/h5,8-9,11-12,16,21H,3-4,6-7,10,13-15,17H2,1-2H3,(H,26,28)/t21-/m0/s1. The van der Waals surface area contributed by atoms with E-state index in [-0.39, 0.29) is 11.9 Å². The Balaban J connectivity index is 1.47. The van der Waals surface area contributed by atoms with E-state index in [1.54, 1.807) is 0 Å². The van der Waals surface area contributed by atoms with Gasteiger partial charge >= 0.3 is 0 Å². The Hall–Kier alpha value is -2.53. The summed E-state index contributed by atoms with van der Waals surface area (Å²) in [5.74, 6) is 1.71. The first-order valence-corrected chi connectivity index (χ1v) is 11.2. The molecule has 0 aromatic heterocycles. The molecule has 4 rings (SSSR count). The highest BCUT2D eigenvalue weighted by atomic mass is 16.5. The van der Waals surface area contributed by atoms with Crippen molar-refractivity contribution in [2.45, 2.75) is 52.0 Å². The van der Waals surface area contributed by atoms with Crippen LogP contribution in [0.1, 0.15) is 55.8 Å². The topological polar surface area (TPSA) is 50.8 Å². The highest BCUT2D eigenvalue weighted by molar-refractivity contribution is 5.94. The molecule has 0 spiro atoms. The molecule has 2 aliphatic rings.